The lowest BCUT2D eigenvalue weighted by molar-refractivity contribution is -0.123. The molecule has 6 nitrogen and oxygen atoms in total. The standard InChI is InChI=1S/C17H27N3O3/c1-5-20(6-2)17(22)19-10-9-18-16(21)12-23-15-8-7-13(3)11-14(15)4/h7-8,11H,5-6,9-10,12H2,1-4H3,(H,18,21)(H,19,22). The Balaban J connectivity index is 2.23. The van der Waals surface area contributed by atoms with Crippen LogP contribution in [0.2, 0.25) is 0 Å². The van der Waals surface area contributed by atoms with Crippen molar-refractivity contribution in [1.82, 2.24) is 15.5 Å². The zero-order valence-electron chi connectivity index (χ0n) is 14.4. The zero-order valence-corrected chi connectivity index (χ0v) is 14.4. The van der Waals surface area contributed by atoms with E-state index >= 15 is 0 Å². The summed E-state index contributed by atoms with van der Waals surface area (Å²) in [6.07, 6.45) is 0. The first-order valence-electron chi connectivity index (χ1n) is 7.97. The highest BCUT2D eigenvalue weighted by Crippen LogP contribution is 2.18. The number of carbonyl (C=O) groups excluding carboxylic acids is 2. The molecule has 2 N–H and O–H groups in total. The van der Waals surface area contributed by atoms with Crippen molar-refractivity contribution in [1.29, 1.82) is 0 Å². The van der Waals surface area contributed by atoms with E-state index < -0.39 is 0 Å². The van der Waals surface area contributed by atoms with Crippen molar-refractivity contribution in [2.45, 2.75) is 27.7 Å². The van der Waals surface area contributed by atoms with Gasteiger partial charge in [-0.05, 0) is 39.3 Å². The molecular formula is C17H27N3O3. The number of hydrogen-bond acceptors (Lipinski definition) is 3. The number of urea groups is 1. The number of carbonyl (C=O) groups is 2. The zero-order chi connectivity index (χ0) is 17.2. The van der Waals surface area contributed by atoms with E-state index in [4.69, 9.17) is 4.74 Å². The number of ether oxygens (including phenoxy) is 1. The maximum absolute atomic E-state index is 11.7. The summed E-state index contributed by atoms with van der Waals surface area (Å²) < 4.78 is 5.50. The molecule has 0 spiro atoms. The van der Waals surface area contributed by atoms with Crippen LogP contribution in [-0.2, 0) is 4.79 Å². The van der Waals surface area contributed by atoms with Crippen LogP contribution in [0.5, 0.6) is 5.75 Å². The van der Waals surface area contributed by atoms with Gasteiger partial charge in [-0.3, -0.25) is 4.79 Å². The summed E-state index contributed by atoms with van der Waals surface area (Å²) in [5.41, 5.74) is 2.16. The molecular weight excluding hydrogens is 294 g/mol. The van der Waals surface area contributed by atoms with Gasteiger partial charge in [0.15, 0.2) is 6.61 Å². The molecule has 0 saturated carbocycles. The molecule has 0 atom stereocenters. The highest BCUT2D eigenvalue weighted by atomic mass is 16.5. The van der Waals surface area contributed by atoms with E-state index in [1.54, 1.807) is 4.90 Å². The second-order valence-corrected chi connectivity index (χ2v) is 5.31. The molecule has 128 valence electrons. The van der Waals surface area contributed by atoms with Crippen molar-refractivity contribution in [3.8, 4) is 5.75 Å². The second kappa shape index (κ2) is 9.71. The van der Waals surface area contributed by atoms with Gasteiger partial charge in [-0.25, -0.2) is 4.79 Å². The second-order valence-electron chi connectivity index (χ2n) is 5.31. The predicted octanol–water partition coefficient (Wildman–Crippen LogP) is 1.85. The Morgan fingerprint density at radius 1 is 1.09 bits per heavy atom. The molecule has 1 aromatic carbocycles. The Labute approximate surface area is 138 Å². The van der Waals surface area contributed by atoms with Crippen LogP contribution in [0, 0.1) is 13.8 Å². The molecule has 0 saturated heterocycles. The van der Waals surface area contributed by atoms with E-state index in [1.165, 1.54) is 0 Å². The molecule has 0 unspecified atom stereocenters. The maximum Gasteiger partial charge on any atom is 0.317 e. The van der Waals surface area contributed by atoms with E-state index in [0.29, 0.717) is 31.9 Å². The number of nitrogens with zero attached hydrogens (tertiary/aromatic N) is 1. The molecule has 0 heterocycles. The number of hydrogen-bond donors (Lipinski definition) is 2. The third-order valence-corrected chi connectivity index (χ3v) is 3.46. The van der Waals surface area contributed by atoms with Gasteiger partial charge >= 0.3 is 6.03 Å². The van der Waals surface area contributed by atoms with Crippen LogP contribution in [0.15, 0.2) is 18.2 Å². The molecule has 1 rings (SSSR count). The van der Waals surface area contributed by atoms with Crippen LogP contribution in [0.3, 0.4) is 0 Å². The number of aryl methyl sites for hydroxylation is 2. The maximum atomic E-state index is 11.7. The third-order valence-electron chi connectivity index (χ3n) is 3.46. The number of nitrogens with one attached hydrogen (secondary N) is 2. The first kappa shape index (κ1) is 18.8. The van der Waals surface area contributed by atoms with E-state index in [0.717, 1.165) is 11.1 Å². The van der Waals surface area contributed by atoms with Crippen LogP contribution in [0.25, 0.3) is 0 Å². The lowest BCUT2D eigenvalue weighted by Crippen LogP contribution is -2.43. The van der Waals surface area contributed by atoms with E-state index in [2.05, 4.69) is 10.6 Å². The monoisotopic (exact) mass is 321 g/mol. The van der Waals surface area contributed by atoms with Crippen LogP contribution < -0.4 is 15.4 Å². The van der Waals surface area contributed by atoms with Gasteiger partial charge in [-0.15, -0.1) is 0 Å². The molecule has 6 heteroatoms. The molecule has 0 radical (unpaired) electrons. The fourth-order valence-electron chi connectivity index (χ4n) is 2.15. The van der Waals surface area contributed by atoms with E-state index in [1.807, 2.05) is 45.9 Å². The summed E-state index contributed by atoms with van der Waals surface area (Å²) in [6.45, 7) is 9.88. The largest absolute Gasteiger partial charge is 0.484 e. The summed E-state index contributed by atoms with van der Waals surface area (Å²) in [6, 6.07) is 5.71. The number of rotatable bonds is 8. The van der Waals surface area contributed by atoms with Crippen molar-refractivity contribution >= 4 is 11.9 Å². The summed E-state index contributed by atoms with van der Waals surface area (Å²) in [7, 11) is 0. The molecule has 1 aromatic rings. The lowest BCUT2D eigenvalue weighted by Gasteiger charge is -2.19. The van der Waals surface area contributed by atoms with Crippen LogP contribution in [0.4, 0.5) is 4.79 Å². The Bertz CT molecular complexity index is 528. The molecule has 0 aromatic heterocycles. The van der Waals surface area contributed by atoms with Crippen molar-refractivity contribution in [3.05, 3.63) is 29.3 Å². The summed E-state index contributed by atoms with van der Waals surface area (Å²) in [5.74, 6) is 0.502. The van der Waals surface area contributed by atoms with Gasteiger partial charge in [0.2, 0.25) is 0 Å². The summed E-state index contributed by atoms with van der Waals surface area (Å²) in [4.78, 5) is 25.1. The molecule has 0 bridgehead atoms. The smallest absolute Gasteiger partial charge is 0.317 e. The number of amides is 3. The molecule has 0 aliphatic carbocycles. The van der Waals surface area contributed by atoms with Crippen LogP contribution in [-0.4, -0.2) is 49.6 Å². The van der Waals surface area contributed by atoms with Gasteiger partial charge in [-0.1, -0.05) is 17.7 Å². The first-order chi connectivity index (χ1) is 11.0. The van der Waals surface area contributed by atoms with Gasteiger partial charge < -0.3 is 20.3 Å². The Morgan fingerprint density at radius 2 is 1.74 bits per heavy atom. The lowest BCUT2D eigenvalue weighted by atomic mass is 10.1. The Hall–Kier alpha value is -2.24. The summed E-state index contributed by atoms with van der Waals surface area (Å²) >= 11 is 0. The fourth-order valence-corrected chi connectivity index (χ4v) is 2.15. The van der Waals surface area contributed by atoms with E-state index in [9.17, 15) is 9.59 Å². The van der Waals surface area contributed by atoms with Gasteiger partial charge in [0.25, 0.3) is 5.91 Å². The normalized spacial score (nSPS) is 10.1. The molecule has 23 heavy (non-hydrogen) atoms. The average Bonchev–Trinajstić information content (AvgIpc) is 2.52. The minimum atomic E-state index is -0.206. The Morgan fingerprint density at radius 3 is 2.35 bits per heavy atom. The SMILES string of the molecule is CCN(CC)C(=O)NCCNC(=O)COc1ccc(C)cc1C. The van der Waals surface area contributed by atoms with E-state index in [-0.39, 0.29) is 18.5 Å². The van der Waals surface area contributed by atoms with Gasteiger partial charge in [-0.2, -0.15) is 0 Å². The Kier molecular flexibility index (Phi) is 7.94. The van der Waals surface area contributed by atoms with Crippen molar-refractivity contribution in [2.24, 2.45) is 0 Å². The average molecular weight is 321 g/mol. The molecule has 0 aliphatic rings. The van der Waals surface area contributed by atoms with Gasteiger partial charge in [0, 0.05) is 26.2 Å². The molecule has 0 fully saturated rings. The summed E-state index contributed by atoms with van der Waals surface area (Å²) in [5, 5.41) is 5.48. The third kappa shape index (κ3) is 6.59. The van der Waals surface area contributed by atoms with Crippen molar-refractivity contribution in [2.75, 3.05) is 32.8 Å². The van der Waals surface area contributed by atoms with Crippen molar-refractivity contribution < 1.29 is 14.3 Å². The van der Waals surface area contributed by atoms with Gasteiger partial charge in [0.05, 0.1) is 0 Å². The quantitative estimate of drug-likeness (QED) is 0.718. The molecule has 3 amide bonds. The first-order valence-corrected chi connectivity index (χ1v) is 7.97. The minimum Gasteiger partial charge on any atom is -0.484 e. The molecule has 0 aliphatic heterocycles. The highest BCUT2D eigenvalue weighted by molar-refractivity contribution is 5.77. The van der Waals surface area contributed by atoms with Gasteiger partial charge in [0.1, 0.15) is 5.75 Å². The number of benzene rings is 1. The minimum absolute atomic E-state index is 0.0338. The predicted molar refractivity (Wildman–Crippen MR) is 90.7 cm³/mol. The fraction of sp³-hybridized carbons (Fsp3) is 0.529. The van der Waals surface area contributed by atoms with Crippen LogP contribution >= 0.6 is 0 Å². The highest BCUT2D eigenvalue weighted by Gasteiger charge is 2.08. The van der Waals surface area contributed by atoms with Crippen LogP contribution in [0.1, 0.15) is 25.0 Å². The van der Waals surface area contributed by atoms with Crippen molar-refractivity contribution in [3.63, 3.8) is 0 Å². The topological polar surface area (TPSA) is 70.7 Å².